The zero-order valence-electron chi connectivity index (χ0n) is 13.0. The van der Waals surface area contributed by atoms with Crippen LogP contribution < -0.4 is 5.32 Å². The van der Waals surface area contributed by atoms with Crippen LogP contribution in [0, 0.1) is 0 Å². The first-order chi connectivity index (χ1) is 10.3. The standard InChI is InChI=1S/C16H26N4O/c1-2-3-6-9-17-15-13-18-14(12-19-15)16(21)20-10-7-4-5-8-11-20/h12-13H,2-11H2,1H3,(H,17,19). The quantitative estimate of drug-likeness (QED) is 0.818. The van der Waals surface area contributed by atoms with E-state index >= 15 is 0 Å². The lowest BCUT2D eigenvalue weighted by molar-refractivity contribution is 0.0755. The van der Waals surface area contributed by atoms with Crippen LogP contribution in [0.3, 0.4) is 0 Å². The highest BCUT2D eigenvalue weighted by atomic mass is 16.2. The summed E-state index contributed by atoms with van der Waals surface area (Å²) in [6.07, 6.45) is 11.4. The van der Waals surface area contributed by atoms with Crippen molar-refractivity contribution in [1.29, 1.82) is 0 Å². The number of likely N-dealkylation sites (tertiary alicyclic amines) is 1. The molecule has 2 rings (SSSR count). The van der Waals surface area contributed by atoms with Crippen LogP contribution in [0.5, 0.6) is 0 Å². The van der Waals surface area contributed by atoms with Crippen LogP contribution in [-0.2, 0) is 0 Å². The minimum absolute atomic E-state index is 0.0157. The summed E-state index contributed by atoms with van der Waals surface area (Å²) in [7, 11) is 0. The monoisotopic (exact) mass is 290 g/mol. The predicted molar refractivity (Wildman–Crippen MR) is 84.4 cm³/mol. The van der Waals surface area contributed by atoms with Gasteiger partial charge in [0.1, 0.15) is 11.5 Å². The molecular weight excluding hydrogens is 264 g/mol. The summed E-state index contributed by atoms with van der Waals surface area (Å²) in [6.45, 7) is 4.78. The Hall–Kier alpha value is -1.65. The van der Waals surface area contributed by atoms with E-state index in [1.165, 1.54) is 25.7 Å². The van der Waals surface area contributed by atoms with E-state index in [1.54, 1.807) is 12.4 Å². The van der Waals surface area contributed by atoms with Gasteiger partial charge in [-0.05, 0) is 19.3 Å². The van der Waals surface area contributed by atoms with Gasteiger partial charge in [0.05, 0.1) is 12.4 Å². The number of rotatable bonds is 6. The number of carbonyl (C=O) groups is 1. The van der Waals surface area contributed by atoms with Gasteiger partial charge in [-0.15, -0.1) is 0 Å². The van der Waals surface area contributed by atoms with E-state index in [4.69, 9.17) is 0 Å². The lowest BCUT2D eigenvalue weighted by Crippen LogP contribution is -2.32. The molecule has 0 bridgehead atoms. The summed E-state index contributed by atoms with van der Waals surface area (Å²) in [5.41, 5.74) is 0.455. The Kier molecular flexibility index (Phi) is 6.44. The zero-order valence-corrected chi connectivity index (χ0v) is 13.0. The molecule has 1 aliphatic heterocycles. The number of aromatic nitrogens is 2. The van der Waals surface area contributed by atoms with Gasteiger partial charge in [-0.25, -0.2) is 9.97 Å². The molecule has 0 unspecified atom stereocenters. The Bertz CT molecular complexity index is 424. The first-order valence-corrected chi connectivity index (χ1v) is 8.16. The van der Waals surface area contributed by atoms with Gasteiger partial charge in [-0.1, -0.05) is 32.6 Å². The average molecular weight is 290 g/mol. The molecule has 0 atom stereocenters. The molecule has 0 spiro atoms. The van der Waals surface area contributed by atoms with E-state index in [1.807, 2.05) is 4.90 Å². The third kappa shape index (κ3) is 4.99. The smallest absolute Gasteiger partial charge is 0.274 e. The molecule has 1 saturated heterocycles. The zero-order chi connectivity index (χ0) is 14.9. The number of amides is 1. The van der Waals surface area contributed by atoms with Gasteiger partial charge in [0.25, 0.3) is 5.91 Å². The highest BCUT2D eigenvalue weighted by Crippen LogP contribution is 2.12. The van der Waals surface area contributed by atoms with Crippen molar-refractivity contribution in [3.8, 4) is 0 Å². The summed E-state index contributed by atoms with van der Waals surface area (Å²) in [5, 5.41) is 3.24. The summed E-state index contributed by atoms with van der Waals surface area (Å²) >= 11 is 0. The molecule has 116 valence electrons. The lowest BCUT2D eigenvalue weighted by atomic mass is 10.2. The number of nitrogens with one attached hydrogen (secondary N) is 1. The van der Waals surface area contributed by atoms with Gasteiger partial charge in [0.2, 0.25) is 0 Å². The van der Waals surface area contributed by atoms with Gasteiger partial charge >= 0.3 is 0 Å². The van der Waals surface area contributed by atoms with Crippen molar-refractivity contribution in [3.63, 3.8) is 0 Å². The molecule has 2 heterocycles. The van der Waals surface area contributed by atoms with Crippen LogP contribution in [0.25, 0.3) is 0 Å². The average Bonchev–Trinajstić information content (AvgIpc) is 2.81. The Balaban J connectivity index is 1.86. The van der Waals surface area contributed by atoms with E-state index in [-0.39, 0.29) is 5.91 Å². The van der Waals surface area contributed by atoms with Gasteiger partial charge in [0, 0.05) is 19.6 Å². The Morgan fingerprint density at radius 1 is 1.14 bits per heavy atom. The molecule has 0 aromatic carbocycles. The maximum Gasteiger partial charge on any atom is 0.274 e. The number of hydrogen-bond donors (Lipinski definition) is 1. The summed E-state index contributed by atoms with van der Waals surface area (Å²) in [5.74, 6) is 0.764. The van der Waals surface area contributed by atoms with Crippen LogP contribution in [0.4, 0.5) is 5.82 Å². The van der Waals surface area contributed by atoms with E-state index in [0.29, 0.717) is 5.69 Å². The molecule has 1 aliphatic rings. The fourth-order valence-corrected chi connectivity index (χ4v) is 2.56. The van der Waals surface area contributed by atoms with E-state index in [2.05, 4.69) is 22.2 Å². The summed E-state index contributed by atoms with van der Waals surface area (Å²) < 4.78 is 0. The van der Waals surface area contributed by atoms with Gasteiger partial charge < -0.3 is 10.2 Å². The minimum Gasteiger partial charge on any atom is -0.369 e. The highest BCUT2D eigenvalue weighted by Gasteiger charge is 2.18. The van der Waals surface area contributed by atoms with Gasteiger partial charge in [-0.2, -0.15) is 0 Å². The normalized spacial score (nSPS) is 15.6. The van der Waals surface area contributed by atoms with Crippen LogP contribution in [0.2, 0.25) is 0 Å². The van der Waals surface area contributed by atoms with Gasteiger partial charge in [0.15, 0.2) is 0 Å². The van der Waals surface area contributed by atoms with E-state index in [0.717, 1.165) is 44.7 Å². The predicted octanol–water partition coefficient (Wildman–Crippen LogP) is 3.09. The Morgan fingerprint density at radius 3 is 2.52 bits per heavy atom. The molecule has 0 radical (unpaired) electrons. The molecule has 5 nitrogen and oxygen atoms in total. The molecule has 0 aliphatic carbocycles. The third-order valence-corrected chi connectivity index (χ3v) is 3.85. The molecule has 1 aromatic heterocycles. The van der Waals surface area contributed by atoms with Crippen molar-refractivity contribution in [2.24, 2.45) is 0 Å². The number of unbranched alkanes of at least 4 members (excludes halogenated alkanes) is 2. The highest BCUT2D eigenvalue weighted by molar-refractivity contribution is 5.92. The number of hydrogen-bond acceptors (Lipinski definition) is 4. The van der Waals surface area contributed by atoms with Crippen molar-refractivity contribution < 1.29 is 4.79 Å². The van der Waals surface area contributed by atoms with Crippen molar-refractivity contribution in [3.05, 3.63) is 18.1 Å². The minimum atomic E-state index is 0.0157. The molecular formula is C16H26N4O. The Labute approximate surface area is 127 Å². The SMILES string of the molecule is CCCCCNc1cnc(C(=O)N2CCCCCC2)cn1. The summed E-state index contributed by atoms with van der Waals surface area (Å²) in [4.78, 5) is 22.8. The van der Waals surface area contributed by atoms with Crippen molar-refractivity contribution in [2.75, 3.05) is 25.0 Å². The van der Waals surface area contributed by atoms with Crippen LogP contribution >= 0.6 is 0 Å². The van der Waals surface area contributed by atoms with Crippen LogP contribution in [-0.4, -0.2) is 40.4 Å². The van der Waals surface area contributed by atoms with Crippen molar-refractivity contribution >= 4 is 11.7 Å². The molecule has 21 heavy (non-hydrogen) atoms. The number of carbonyl (C=O) groups excluding carboxylic acids is 1. The lowest BCUT2D eigenvalue weighted by Gasteiger charge is -2.19. The molecule has 1 amide bonds. The fraction of sp³-hybridized carbons (Fsp3) is 0.688. The van der Waals surface area contributed by atoms with E-state index < -0.39 is 0 Å². The maximum absolute atomic E-state index is 12.4. The summed E-state index contributed by atoms with van der Waals surface area (Å²) in [6, 6.07) is 0. The fourth-order valence-electron chi connectivity index (χ4n) is 2.56. The maximum atomic E-state index is 12.4. The first kappa shape index (κ1) is 15.7. The number of anilines is 1. The second kappa shape index (κ2) is 8.60. The number of nitrogens with zero attached hydrogens (tertiary/aromatic N) is 3. The topological polar surface area (TPSA) is 58.1 Å². The molecule has 1 aromatic rings. The second-order valence-corrected chi connectivity index (χ2v) is 5.63. The van der Waals surface area contributed by atoms with Crippen LogP contribution in [0.15, 0.2) is 12.4 Å². The van der Waals surface area contributed by atoms with Crippen molar-refractivity contribution in [2.45, 2.75) is 51.9 Å². The molecule has 0 saturated carbocycles. The largest absolute Gasteiger partial charge is 0.369 e. The molecule has 1 fully saturated rings. The first-order valence-electron chi connectivity index (χ1n) is 8.16. The molecule has 1 N–H and O–H groups in total. The molecule has 5 heteroatoms. The van der Waals surface area contributed by atoms with E-state index in [9.17, 15) is 4.79 Å². The van der Waals surface area contributed by atoms with Gasteiger partial charge in [-0.3, -0.25) is 4.79 Å². The van der Waals surface area contributed by atoms with Crippen LogP contribution in [0.1, 0.15) is 62.4 Å². The Morgan fingerprint density at radius 2 is 1.90 bits per heavy atom. The second-order valence-electron chi connectivity index (χ2n) is 5.63. The van der Waals surface area contributed by atoms with Crippen molar-refractivity contribution in [1.82, 2.24) is 14.9 Å². The third-order valence-electron chi connectivity index (χ3n) is 3.85.